The Morgan fingerprint density at radius 2 is 2.05 bits per heavy atom. The van der Waals surface area contributed by atoms with Gasteiger partial charge in [-0.3, -0.25) is 8.42 Å². The highest BCUT2D eigenvalue weighted by Crippen LogP contribution is 2.14. The lowest BCUT2D eigenvalue weighted by atomic mass is 10.1. The minimum Gasteiger partial charge on any atom is -0.500 e. The van der Waals surface area contributed by atoms with Gasteiger partial charge in [0.25, 0.3) is 0 Å². The molecule has 5 heteroatoms. The average molecular weight is 298 g/mol. The van der Waals surface area contributed by atoms with Crippen LogP contribution in [0.25, 0.3) is 5.57 Å². The fourth-order valence-electron chi connectivity index (χ4n) is 1.88. The van der Waals surface area contributed by atoms with Gasteiger partial charge in [-0.05, 0) is 18.1 Å². The molecule has 0 bridgehead atoms. The Kier molecular flexibility index (Phi) is 5.34. The summed E-state index contributed by atoms with van der Waals surface area (Å²) in [4.78, 5) is 0. The van der Waals surface area contributed by atoms with Crippen molar-refractivity contribution in [2.75, 3.05) is 23.9 Å². The monoisotopic (exact) mass is 298 g/mol. The van der Waals surface area contributed by atoms with E-state index in [1.807, 2.05) is 37.3 Å². The Morgan fingerprint density at radius 3 is 2.79 bits per heavy atom. The summed E-state index contributed by atoms with van der Waals surface area (Å²) in [6.45, 7) is 2.36. The third kappa shape index (κ3) is 4.28. The summed E-state index contributed by atoms with van der Waals surface area (Å²) >= 11 is 0. The highest BCUT2D eigenvalue weighted by Gasteiger charge is 2.25. The van der Waals surface area contributed by atoms with Gasteiger partial charge in [0.15, 0.2) is 0 Å². The highest BCUT2D eigenvalue weighted by atomic mass is 32.2. The second-order valence-electron chi connectivity index (χ2n) is 4.52. The van der Waals surface area contributed by atoms with Gasteiger partial charge in [-0.25, -0.2) is 0 Å². The van der Waals surface area contributed by atoms with E-state index in [2.05, 4.69) is 0 Å². The van der Waals surface area contributed by atoms with Crippen LogP contribution in [0.4, 0.5) is 0 Å². The van der Waals surface area contributed by atoms with Crippen LogP contribution in [0.1, 0.15) is 12.5 Å². The molecule has 1 heterocycles. The summed E-state index contributed by atoms with van der Waals surface area (Å²) in [6.07, 6.45) is 1.70. The standard InChI is InChI=1S/C14H18O3S2/c1-12(13-5-3-2-4-6-13)9-17-10-14-11-18(15)7-8-19(14)16/h2-6,9,14H,7-8,10-11H2,1H3/b12-9-. The van der Waals surface area contributed by atoms with E-state index >= 15 is 0 Å². The first-order chi connectivity index (χ1) is 9.16. The second-order valence-corrected chi connectivity index (χ2v) is 7.98. The maximum atomic E-state index is 11.8. The van der Waals surface area contributed by atoms with Crippen LogP contribution in [0.15, 0.2) is 36.6 Å². The first kappa shape index (κ1) is 14.5. The van der Waals surface area contributed by atoms with Crippen LogP contribution in [-0.2, 0) is 26.3 Å². The molecule has 1 aromatic rings. The van der Waals surface area contributed by atoms with Crippen molar-refractivity contribution in [2.45, 2.75) is 12.2 Å². The lowest BCUT2D eigenvalue weighted by Crippen LogP contribution is -2.36. The van der Waals surface area contributed by atoms with Gasteiger partial charge in [-0.1, -0.05) is 30.3 Å². The third-order valence-electron chi connectivity index (χ3n) is 3.03. The summed E-state index contributed by atoms with van der Waals surface area (Å²) in [5.74, 6) is 1.58. The number of hydrogen-bond acceptors (Lipinski definition) is 3. The molecule has 1 saturated heterocycles. The molecule has 0 spiro atoms. The van der Waals surface area contributed by atoms with E-state index in [4.69, 9.17) is 4.74 Å². The van der Waals surface area contributed by atoms with Crippen LogP contribution in [0.3, 0.4) is 0 Å². The number of benzene rings is 1. The third-order valence-corrected chi connectivity index (χ3v) is 6.58. The molecule has 1 aliphatic heterocycles. The second kappa shape index (κ2) is 7.01. The Hall–Kier alpha value is -0.940. The normalized spacial score (nSPS) is 28.1. The zero-order chi connectivity index (χ0) is 13.7. The maximum Gasteiger partial charge on any atom is 0.103 e. The molecule has 0 aromatic heterocycles. The van der Waals surface area contributed by atoms with Gasteiger partial charge in [-0.15, -0.1) is 0 Å². The first-order valence-corrected chi connectivity index (χ1v) is 9.10. The molecule has 0 amide bonds. The zero-order valence-corrected chi connectivity index (χ0v) is 12.5. The average Bonchev–Trinajstić information content (AvgIpc) is 2.43. The van der Waals surface area contributed by atoms with E-state index in [-0.39, 0.29) is 5.25 Å². The fraction of sp³-hybridized carbons (Fsp3) is 0.429. The Bertz CT molecular complexity index is 497. The molecular weight excluding hydrogens is 280 g/mol. The molecule has 3 atom stereocenters. The Morgan fingerprint density at radius 1 is 1.32 bits per heavy atom. The van der Waals surface area contributed by atoms with E-state index < -0.39 is 21.6 Å². The van der Waals surface area contributed by atoms with E-state index in [0.29, 0.717) is 23.9 Å². The first-order valence-electron chi connectivity index (χ1n) is 6.23. The largest absolute Gasteiger partial charge is 0.500 e. The minimum atomic E-state index is -0.905. The van der Waals surface area contributed by atoms with Gasteiger partial charge in [-0.2, -0.15) is 0 Å². The summed E-state index contributed by atoms with van der Waals surface area (Å²) in [5, 5.41) is -0.102. The van der Waals surface area contributed by atoms with Crippen molar-refractivity contribution in [3.8, 4) is 0 Å². The molecule has 1 aromatic carbocycles. The van der Waals surface area contributed by atoms with Gasteiger partial charge in [0.05, 0.1) is 11.5 Å². The molecule has 19 heavy (non-hydrogen) atoms. The molecular formula is C14H18O3S2. The van der Waals surface area contributed by atoms with Crippen molar-refractivity contribution in [3.63, 3.8) is 0 Å². The predicted molar refractivity (Wildman–Crippen MR) is 80.7 cm³/mol. The van der Waals surface area contributed by atoms with E-state index in [1.165, 1.54) is 0 Å². The molecule has 3 nitrogen and oxygen atoms in total. The predicted octanol–water partition coefficient (Wildman–Crippen LogP) is 1.94. The Labute approximate surface area is 119 Å². The van der Waals surface area contributed by atoms with Crippen molar-refractivity contribution in [1.82, 2.24) is 0 Å². The van der Waals surface area contributed by atoms with Gasteiger partial charge in [0.2, 0.25) is 0 Å². The number of ether oxygens (including phenoxy) is 1. The lowest BCUT2D eigenvalue weighted by molar-refractivity contribution is 0.254. The SMILES string of the molecule is C/C(=C/OCC1CS(=O)CCS1=O)c1ccccc1. The minimum absolute atomic E-state index is 0.102. The van der Waals surface area contributed by atoms with E-state index in [1.54, 1.807) is 6.26 Å². The highest BCUT2D eigenvalue weighted by molar-refractivity contribution is 7.92. The number of hydrogen-bond donors (Lipinski definition) is 0. The molecule has 0 aliphatic carbocycles. The molecule has 104 valence electrons. The molecule has 0 saturated carbocycles. The van der Waals surface area contributed by atoms with Crippen molar-refractivity contribution in [3.05, 3.63) is 42.2 Å². The molecule has 3 unspecified atom stereocenters. The van der Waals surface area contributed by atoms with Crippen LogP contribution >= 0.6 is 0 Å². The fourth-order valence-corrected chi connectivity index (χ4v) is 5.59. The van der Waals surface area contributed by atoms with Crippen LogP contribution in [-0.4, -0.2) is 37.5 Å². The smallest absolute Gasteiger partial charge is 0.103 e. The maximum absolute atomic E-state index is 11.8. The molecule has 0 N–H and O–H groups in total. The van der Waals surface area contributed by atoms with Crippen LogP contribution < -0.4 is 0 Å². The number of allylic oxidation sites excluding steroid dienone is 1. The van der Waals surface area contributed by atoms with Gasteiger partial charge in [0, 0.05) is 38.9 Å². The number of rotatable bonds is 4. The van der Waals surface area contributed by atoms with Crippen LogP contribution in [0, 0.1) is 0 Å². The van der Waals surface area contributed by atoms with E-state index in [0.717, 1.165) is 11.1 Å². The summed E-state index contributed by atoms with van der Waals surface area (Å²) in [6, 6.07) is 9.96. The zero-order valence-electron chi connectivity index (χ0n) is 10.9. The molecule has 1 fully saturated rings. The summed E-state index contributed by atoms with van der Waals surface area (Å²) in [5.41, 5.74) is 2.14. The van der Waals surface area contributed by atoms with Crippen molar-refractivity contribution < 1.29 is 13.2 Å². The molecule has 2 rings (SSSR count). The van der Waals surface area contributed by atoms with Crippen molar-refractivity contribution in [1.29, 1.82) is 0 Å². The van der Waals surface area contributed by atoms with E-state index in [9.17, 15) is 8.42 Å². The van der Waals surface area contributed by atoms with Gasteiger partial charge < -0.3 is 4.74 Å². The van der Waals surface area contributed by atoms with Crippen LogP contribution in [0.2, 0.25) is 0 Å². The van der Waals surface area contributed by atoms with Gasteiger partial charge >= 0.3 is 0 Å². The molecule has 0 radical (unpaired) electrons. The lowest BCUT2D eigenvalue weighted by Gasteiger charge is -2.20. The topological polar surface area (TPSA) is 43.4 Å². The van der Waals surface area contributed by atoms with Gasteiger partial charge in [0.1, 0.15) is 6.61 Å². The summed E-state index contributed by atoms with van der Waals surface area (Å²) < 4.78 is 28.7. The molecule has 1 aliphatic rings. The quantitative estimate of drug-likeness (QED) is 0.798. The van der Waals surface area contributed by atoms with Crippen LogP contribution in [0.5, 0.6) is 0 Å². The van der Waals surface area contributed by atoms with Crippen molar-refractivity contribution >= 4 is 27.2 Å². The van der Waals surface area contributed by atoms with Crippen molar-refractivity contribution in [2.24, 2.45) is 0 Å². The summed E-state index contributed by atoms with van der Waals surface area (Å²) in [7, 11) is -1.74. The Balaban J connectivity index is 1.89.